The zero-order valence-corrected chi connectivity index (χ0v) is 39.0. The lowest BCUT2D eigenvalue weighted by molar-refractivity contribution is -0.254. The topological polar surface area (TPSA) is 110 Å². The molecule has 5 aliphatic carbocycles. The Balaban J connectivity index is 1.11. The number of benzene rings is 1. The Morgan fingerprint density at radius 3 is 2.40 bits per heavy atom. The summed E-state index contributed by atoms with van der Waals surface area (Å²) in [6, 6.07) is 11.9. The number of rotatable bonds is 13. The molecule has 62 heavy (non-hydrogen) atoms. The first-order valence-corrected chi connectivity index (χ1v) is 23.9. The highest BCUT2D eigenvalue weighted by molar-refractivity contribution is 5.75. The summed E-state index contributed by atoms with van der Waals surface area (Å²) < 4.78 is 28.4. The maximum atomic E-state index is 15.1. The molecule has 3 heterocycles. The highest BCUT2D eigenvalue weighted by Crippen LogP contribution is 2.75. The van der Waals surface area contributed by atoms with E-state index in [1.807, 2.05) is 48.8 Å². The summed E-state index contributed by atoms with van der Waals surface area (Å²) in [5.74, 6) is 2.85. The van der Waals surface area contributed by atoms with E-state index in [9.17, 15) is 0 Å². The van der Waals surface area contributed by atoms with Gasteiger partial charge in [0.05, 0.1) is 45.0 Å². The molecular formula is C52H73N5O5. The average Bonchev–Trinajstić information content (AvgIpc) is 3.75. The van der Waals surface area contributed by atoms with Gasteiger partial charge in [0.15, 0.2) is 5.82 Å². The SMILES string of the molecule is CCNC1(CO[C@H]2[C@H](n3ncnc3-c3ccncc3)C[C@@]34COCC2(C)[C@@H]3CC[C@H]2C4=CC[C@@]3(C)[C@H](C(=O)OCc4ccc(OC)cc4)[C@@](C)([C@H](C)C(C)C)CC[C@]23C)CCC1. The first-order chi connectivity index (χ1) is 29.7. The Hall–Kier alpha value is -3.60. The van der Waals surface area contributed by atoms with Gasteiger partial charge in [-0.05, 0) is 134 Å². The Kier molecular flexibility index (Phi) is 11.4. The largest absolute Gasteiger partial charge is 0.497 e. The Morgan fingerprint density at radius 2 is 1.73 bits per heavy atom. The van der Waals surface area contributed by atoms with Gasteiger partial charge in [0.2, 0.25) is 0 Å². The molecule has 2 bridgehead atoms. The molecule has 1 aliphatic heterocycles. The third-order valence-electron chi connectivity index (χ3n) is 18.8. The maximum Gasteiger partial charge on any atom is 0.310 e. The predicted molar refractivity (Wildman–Crippen MR) is 241 cm³/mol. The summed E-state index contributed by atoms with van der Waals surface area (Å²) >= 11 is 0. The summed E-state index contributed by atoms with van der Waals surface area (Å²) in [6.45, 7) is 22.3. The van der Waals surface area contributed by atoms with Crippen LogP contribution in [0.1, 0.15) is 125 Å². The van der Waals surface area contributed by atoms with Crippen molar-refractivity contribution in [2.45, 2.75) is 137 Å². The highest BCUT2D eigenvalue weighted by atomic mass is 16.5. The number of carbonyl (C=O) groups excluding carboxylic acids is 1. The molecule has 6 aliphatic rings. The molecule has 1 unspecified atom stereocenters. The second-order valence-electron chi connectivity index (χ2n) is 21.9. The Labute approximate surface area is 370 Å². The van der Waals surface area contributed by atoms with E-state index < -0.39 is 0 Å². The van der Waals surface area contributed by atoms with E-state index in [1.165, 1.54) is 6.42 Å². The molecular weight excluding hydrogens is 775 g/mol. The van der Waals surface area contributed by atoms with Crippen molar-refractivity contribution >= 4 is 5.97 Å². The van der Waals surface area contributed by atoms with Crippen molar-refractivity contribution in [2.24, 2.45) is 56.7 Å². The van der Waals surface area contributed by atoms with Crippen LogP contribution in [0.15, 0.2) is 66.8 Å². The van der Waals surface area contributed by atoms with Gasteiger partial charge >= 0.3 is 5.97 Å². The number of allylic oxidation sites excluding steroid dienone is 1. The smallest absolute Gasteiger partial charge is 0.310 e. The van der Waals surface area contributed by atoms with E-state index in [4.69, 9.17) is 29.0 Å². The number of hydrogen-bond acceptors (Lipinski definition) is 9. The molecule has 336 valence electrons. The second kappa shape index (κ2) is 16.1. The first kappa shape index (κ1) is 43.6. The van der Waals surface area contributed by atoms with Gasteiger partial charge in [-0.3, -0.25) is 9.78 Å². The van der Waals surface area contributed by atoms with Crippen LogP contribution in [0, 0.1) is 56.7 Å². The van der Waals surface area contributed by atoms with E-state index in [0.717, 1.165) is 80.6 Å². The van der Waals surface area contributed by atoms with Gasteiger partial charge in [0, 0.05) is 34.3 Å². The normalized spacial score (nSPS) is 37.5. The summed E-state index contributed by atoms with van der Waals surface area (Å²) in [6.07, 6.45) is 17.4. The van der Waals surface area contributed by atoms with Crippen LogP contribution < -0.4 is 10.1 Å². The molecule has 0 amide bonds. The molecule has 1 aromatic carbocycles. The minimum Gasteiger partial charge on any atom is -0.497 e. The van der Waals surface area contributed by atoms with Crippen LogP contribution in [0.5, 0.6) is 5.75 Å². The van der Waals surface area contributed by atoms with Gasteiger partial charge < -0.3 is 24.3 Å². The number of methoxy groups -OCH3 is 1. The number of fused-ring (bicyclic) bond motifs is 3. The van der Waals surface area contributed by atoms with Crippen molar-refractivity contribution in [3.05, 3.63) is 72.3 Å². The van der Waals surface area contributed by atoms with E-state index in [1.54, 1.807) is 19.0 Å². The van der Waals surface area contributed by atoms with Gasteiger partial charge in [-0.2, -0.15) is 5.10 Å². The Morgan fingerprint density at radius 1 is 0.968 bits per heavy atom. The summed E-state index contributed by atoms with van der Waals surface area (Å²) in [4.78, 5) is 24.3. The highest BCUT2D eigenvalue weighted by Gasteiger charge is 2.72. The molecule has 1 N–H and O–H groups in total. The van der Waals surface area contributed by atoms with E-state index in [2.05, 4.69) is 76.4 Å². The van der Waals surface area contributed by atoms with Crippen LogP contribution in [-0.2, 0) is 25.6 Å². The fourth-order valence-corrected chi connectivity index (χ4v) is 14.9. The molecule has 1 saturated heterocycles. The number of nitrogens with one attached hydrogen (secondary N) is 1. The molecule has 0 radical (unpaired) electrons. The van der Waals surface area contributed by atoms with Crippen molar-refractivity contribution in [3.8, 4) is 17.1 Å². The van der Waals surface area contributed by atoms with Crippen LogP contribution in [-0.4, -0.2) is 70.8 Å². The van der Waals surface area contributed by atoms with Crippen LogP contribution >= 0.6 is 0 Å². The molecule has 10 nitrogen and oxygen atoms in total. The number of likely N-dealkylation sites (N-methyl/N-ethyl adjacent to an activating group) is 1. The first-order valence-electron chi connectivity index (χ1n) is 23.9. The number of aromatic nitrogens is 4. The van der Waals surface area contributed by atoms with E-state index in [-0.39, 0.29) is 63.3 Å². The van der Waals surface area contributed by atoms with Gasteiger partial charge in [-0.1, -0.05) is 79.2 Å². The van der Waals surface area contributed by atoms with Crippen LogP contribution in [0.3, 0.4) is 0 Å². The molecule has 0 spiro atoms. The third kappa shape index (κ3) is 6.64. The lowest BCUT2D eigenvalue weighted by Gasteiger charge is -2.71. The fraction of sp³-hybridized carbons (Fsp3) is 0.692. The molecule has 4 saturated carbocycles. The number of pyridine rings is 1. The molecule has 9 rings (SSSR count). The average molecular weight is 848 g/mol. The number of carbonyl (C=O) groups is 1. The number of nitrogens with zero attached hydrogens (tertiary/aromatic N) is 4. The second-order valence-corrected chi connectivity index (χ2v) is 21.9. The van der Waals surface area contributed by atoms with Crippen LogP contribution in [0.25, 0.3) is 11.4 Å². The van der Waals surface area contributed by atoms with E-state index in [0.29, 0.717) is 43.5 Å². The minimum atomic E-state index is -0.305. The number of hydrogen-bond donors (Lipinski definition) is 1. The standard InChI is InChI=1S/C52H73N5O5/c1-10-55-51(21-11-22-51)31-62-44-41(57-45(54-33-56-57)37-19-26-53-27-20-37)28-52-32-60-30-48(44,6)42(52)17-16-39-40(52)18-23-50(8)43(46(58)61-29-36-12-14-38(59-9)15-13-36)47(5,35(4)34(2)3)24-25-49(39,50)7/h12-15,18-20,26-27,33-35,39,41-44,55H,10-11,16-17,21-25,28-32H2,1-9H3/t35-,39+,41-,42+,43-,44+,47-,48?,49-,50+,52+/m1/s1. The van der Waals surface area contributed by atoms with Gasteiger partial charge in [0.1, 0.15) is 18.7 Å². The number of ether oxygens (including phenoxy) is 4. The predicted octanol–water partition coefficient (Wildman–Crippen LogP) is 10.1. The van der Waals surface area contributed by atoms with Crippen molar-refractivity contribution in [2.75, 3.05) is 33.5 Å². The van der Waals surface area contributed by atoms with Crippen molar-refractivity contribution in [3.63, 3.8) is 0 Å². The van der Waals surface area contributed by atoms with E-state index >= 15 is 4.79 Å². The minimum absolute atomic E-state index is 0.0213. The molecule has 2 aromatic heterocycles. The summed E-state index contributed by atoms with van der Waals surface area (Å²) in [5.41, 5.74) is 2.49. The zero-order chi connectivity index (χ0) is 43.7. The van der Waals surface area contributed by atoms with Crippen LogP contribution in [0.4, 0.5) is 0 Å². The lowest BCUT2D eigenvalue weighted by Crippen LogP contribution is -2.69. The van der Waals surface area contributed by atoms with Crippen molar-refractivity contribution in [1.82, 2.24) is 25.1 Å². The fourth-order valence-electron chi connectivity index (χ4n) is 14.9. The molecule has 3 aromatic rings. The van der Waals surface area contributed by atoms with Crippen molar-refractivity contribution in [1.29, 1.82) is 0 Å². The molecule has 11 atom stereocenters. The third-order valence-corrected chi connectivity index (χ3v) is 18.8. The van der Waals surface area contributed by atoms with Gasteiger partial charge in [0.25, 0.3) is 0 Å². The lowest BCUT2D eigenvalue weighted by atomic mass is 9.34. The Bertz CT molecular complexity index is 2120. The summed E-state index contributed by atoms with van der Waals surface area (Å²) in [7, 11) is 1.67. The molecule has 10 heteroatoms. The van der Waals surface area contributed by atoms with Gasteiger partial charge in [-0.25, -0.2) is 9.67 Å². The number of esters is 1. The monoisotopic (exact) mass is 848 g/mol. The maximum absolute atomic E-state index is 15.1. The quantitative estimate of drug-likeness (QED) is 0.133. The van der Waals surface area contributed by atoms with Gasteiger partial charge in [-0.15, -0.1) is 0 Å². The van der Waals surface area contributed by atoms with Crippen molar-refractivity contribution < 1.29 is 23.7 Å². The molecule has 5 fully saturated rings. The van der Waals surface area contributed by atoms with Crippen LogP contribution in [0.2, 0.25) is 0 Å². The zero-order valence-electron chi connectivity index (χ0n) is 39.0. The summed E-state index contributed by atoms with van der Waals surface area (Å²) in [5, 5.41) is 8.89.